The van der Waals surface area contributed by atoms with Crippen molar-refractivity contribution in [3.05, 3.63) is 35.6 Å². The highest BCUT2D eigenvalue weighted by Gasteiger charge is 2.26. The van der Waals surface area contributed by atoms with Gasteiger partial charge < -0.3 is 4.42 Å². The van der Waals surface area contributed by atoms with Crippen LogP contribution in [-0.4, -0.2) is 5.78 Å². The molecule has 2 heteroatoms. The lowest BCUT2D eigenvalue weighted by Gasteiger charge is -2.19. The Labute approximate surface area is 102 Å². The molecular formula is C15H18O2. The molecule has 0 N–H and O–H groups in total. The molecule has 17 heavy (non-hydrogen) atoms. The fraction of sp³-hybridized carbons (Fsp3) is 0.400. The molecule has 0 aliphatic heterocycles. The lowest BCUT2D eigenvalue weighted by molar-refractivity contribution is -0.118. The molecule has 0 aliphatic rings. The van der Waals surface area contributed by atoms with Crippen LogP contribution in [0.4, 0.5) is 0 Å². The summed E-state index contributed by atoms with van der Waals surface area (Å²) in [5.41, 5.74) is 1.87. The van der Waals surface area contributed by atoms with Gasteiger partial charge in [-0.1, -0.05) is 25.5 Å². The number of fused-ring (bicyclic) bond motifs is 1. The van der Waals surface area contributed by atoms with Crippen molar-refractivity contribution in [2.75, 3.05) is 0 Å². The lowest BCUT2D eigenvalue weighted by atomic mass is 9.85. The van der Waals surface area contributed by atoms with Crippen molar-refractivity contribution < 1.29 is 9.21 Å². The molecule has 2 rings (SSSR count). The predicted octanol–water partition coefficient (Wildman–Crippen LogP) is 4.00. The Kier molecular flexibility index (Phi) is 2.82. The van der Waals surface area contributed by atoms with Gasteiger partial charge in [0.25, 0.3) is 0 Å². The van der Waals surface area contributed by atoms with E-state index in [2.05, 4.69) is 13.0 Å². The van der Waals surface area contributed by atoms with Crippen LogP contribution in [0.1, 0.15) is 38.5 Å². The Bertz CT molecular complexity index is 561. The number of rotatable bonds is 3. The Morgan fingerprint density at radius 2 is 2.00 bits per heavy atom. The van der Waals surface area contributed by atoms with E-state index in [0.717, 1.165) is 16.7 Å². The third-order valence-corrected chi connectivity index (χ3v) is 3.03. The van der Waals surface area contributed by atoms with Gasteiger partial charge in [-0.25, -0.2) is 0 Å². The molecule has 2 aromatic rings. The largest absolute Gasteiger partial charge is 0.460 e. The molecular weight excluding hydrogens is 212 g/mol. The van der Waals surface area contributed by atoms with Crippen LogP contribution in [0.3, 0.4) is 0 Å². The maximum atomic E-state index is 11.3. The van der Waals surface area contributed by atoms with Crippen LogP contribution in [0.15, 0.2) is 28.7 Å². The van der Waals surface area contributed by atoms with Gasteiger partial charge >= 0.3 is 0 Å². The molecule has 0 radical (unpaired) electrons. The SMILES string of the molecule is CC(=O)CC(C)(C)c1cc2cc(C)ccc2o1. The quantitative estimate of drug-likeness (QED) is 0.797. The van der Waals surface area contributed by atoms with Crippen LogP contribution >= 0.6 is 0 Å². The first-order valence-corrected chi connectivity index (χ1v) is 5.88. The normalized spacial score (nSPS) is 12.0. The maximum absolute atomic E-state index is 11.3. The van der Waals surface area contributed by atoms with Gasteiger partial charge in [0.2, 0.25) is 0 Å². The Hall–Kier alpha value is -1.57. The molecule has 0 bridgehead atoms. The third-order valence-electron chi connectivity index (χ3n) is 3.03. The van der Waals surface area contributed by atoms with E-state index in [0.29, 0.717) is 6.42 Å². The average Bonchev–Trinajstić information content (AvgIpc) is 2.58. The second-order valence-corrected chi connectivity index (χ2v) is 5.41. The standard InChI is InChI=1S/C15H18O2/c1-10-5-6-13-12(7-10)8-14(17-13)15(3,4)9-11(2)16/h5-8H,9H2,1-4H3. The molecule has 1 aromatic heterocycles. The number of benzene rings is 1. The van der Waals surface area contributed by atoms with E-state index >= 15 is 0 Å². The maximum Gasteiger partial charge on any atom is 0.134 e. The first-order valence-electron chi connectivity index (χ1n) is 5.88. The van der Waals surface area contributed by atoms with Gasteiger partial charge in [0.15, 0.2) is 0 Å². The third kappa shape index (κ3) is 2.41. The molecule has 1 aromatic carbocycles. The summed E-state index contributed by atoms with van der Waals surface area (Å²) >= 11 is 0. The molecule has 0 atom stereocenters. The Morgan fingerprint density at radius 3 is 2.65 bits per heavy atom. The minimum absolute atomic E-state index is 0.187. The molecule has 0 saturated heterocycles. The van der Waals surface area contributed by atoms with Crippen LogP contribution in [-0.2, 0) is 10.2 Å². The van der Waals surface area contributed by atoms with E-state index in [4.69, 9.17) is 4.42 Å². The highest BCUT2D eigenvalue weighted by Crippen LogP contribution is 2.32. The molecule has 0 saturated carbocycles. The first-order chi connectivity index (χ1) is 7.88. The number of furan rings is 1. The lowest BCUT2D eigenvalue weighted by Crippen LogP contribution is -2.19. The molecule has 0 fully saturated rings. The van der Waals surface area contributed by atoms with Gasteiger partial charge in [-0.3, -0.25) is 4.79 Å². The van der Waals surface area contributed by atoms with Gasteiger partial charge in [-0.05, 0) is 32.0 Å². The smallest absolute Gasteiger partial charge is 0.134 e. The molecule has 0 unspecified atom stereocenters. The zero-order valence-electron chi connectivity index (χ0n) is 10.8. The van der Waals surface area contributed by atoms with E-state index in [9.17, 15) is 4.79 Å². The first kappa shape index (κ1) is 11.9. The van der Waals surface area contributed by atoms with E-state index in [1.807, 2.05) is 32.0 Å². The van der Waals surface area contributed by atoms with Crippen molar-refractivity contribution >= 4 is 16.8 Å². The second kappa shape index (κ2) is 4.02. The zero-order chi connectivity index (χ0) is 12.6. The number of Topliss-reactive ketones (excluding diaryl/α,β-unsaturated/α-hetero) is 1. The Morgan fingerprint density at radius 1 is 1.29 bits per heavy atom. The van der Waals surface area contributed by atoms with Crippen molar-refractivity contribution in [2.45, 2.75) is 39.5 Å². The van der Waals surface area contributed by atoms with Gasteiger partial charge in [0.1, 0.15) is 17.1 Å². The molecule has 90 valence electrons. The summed E-state index contributed by atoms with van der Waals surface area (Å²) in [6.45, 7) is 7.76. The summed E-state index contributed by atoms with van der Waals surface area (Å²) in [5.74, 6) is 1.07. The van der Waals surface area contributed by atoms with Gasteiger partial charge in [0.05, 0.1) is 0 Å². The summed E-state index contributed by atoms with van der Waals surface area (Å²) in [5, 5.41) is 1.11. The number of ketones is 1. The molecule has 0 spiro atoms. The number of aryl methyl sites for hydroxylation is 1. The van der Waals surface area contributed by atoms with E-state index in [-0.39, 0.29) is 11.2 Å². The van der Waals surface area contributed by atoms with Crippen LogP contribution < -0.4 is 0 Å². The van der Waals surface area contributed by atoms with E-state index in [1.54, 1.807) is 6.92 Å². The van der Waals surface area contributed by atoms with Crippen LogP contribution in [0.2, 0.25) is 0 Å². The van der Waals surface area contributed by atoms with Crippen molar-refractivity contribution in [1.29, 1.82) is 0 Å². The average molecular weight is 230 g/mol. The van der Waals surface area contributed by atoms with Gasteiger partial charge in [-0.2, -0.15) is 0 Å². The van der Waals surface area contributed by atoms with Crippen molar-refractivity contribution in [1.82, 2.24) is 0 Å². The summed E-state index contributed by atoms with van der Waals surface area (Å²) in [7, 11) is 0. The van der Waals surface area contributed by atoms with Crippen LogP contribution in [0.5, 0.6) is 0 Å². The summed E-state index contributed by atoms with van der Waals surface area (Å²) in [6.07, 6.45) is 0.506. The summed E-state index contributed by atoms with van der Waals surface area (Å²) in [6, 6.07) is 8.17. The van der Waals surface area contributed by atoms with Crippen molar-refractivity contribution in [3.8, 4) is 0 Å². The van der Waals surface area contributed by atoms with Crippen LogP contribution in [0.25, 0.3) is 11.0 Å². The Balaban J connectivity index is 2.45. The van der Waals surface area contributed by atoms with E-state index in [1.165, 1.54) is 5.56 Å². The highest BCUT2D eigenvalue weighted by molar-refractivity contribution is 5.80. The summed E-state index contributed by atoms with van der Waals surface area (Å²) in [4.78, 5) is 11.3. The van der Waals surface area contributed by atoms with Crippen molar-refractivity contribution in [3.63, 3.8) is 0 Å². The molecule has 0 amide bonds. The minimum atomic E-state index is -0.237. The number of hydrogen-bond donors (Lipinski definition) is 0. The van der Waals surface area contributed by atoms with Crippen LogP contribution in [0, 0.1) is 6.92 Å². The topological polar surface area (TPSA) is 30.2 Å². The number of carbonyl (C=O) groups is 1. The summed E-state index contributed by atoms with van der Waals surface area (Å²) < 4.78 is 5.84. The zero-order valence-corrected chi connectivity index (χ0v) is 10.8. The molecule has 2 nitrogen and oxygen atoms in total. The second-order valence-electron chi connectivity index (χ2n) is 5.41. The van der Waals surface area contributed by atoms with E-state index < -0.39 is 0 Å². The fourth-order valence-corrected chi connectivity index (χ4v) is 2.21. The van der Waals surface area contributed by atoms with Crippen molar-refractivity contribution in [2.24, 2.45) is 0 Å². The van der Waals surface area contributed by atoms with Gasteiger partial charge in [0, 0.05) is 17.2 Å². The minimum Gasteiger partial charge on any atom is -0.460 e. The highest BCUT2D eigenvalue weighted by atomic mass is 16.3. The molecule has 0 aliphatic carbocycles. The predicted molar refractivity (Wildman–Crippen MR) is 69.3 cm³/mol. The fourth-order valence-electron chi connectivity index (χ4n) is 2.21. The monoisotopic (exact) mass is 230 g/mol. The van der Waals surface area contributed by atoms with Gasteiger partial charge in [-0.15, -0.1) is 0 Å². The molecule has 1 heterocycles. The number of hydrogen-bond acceptors (Lipinski definition) is 2. The number of carbonyl (C=O) groups excluding carboxylic acids is 1.